The van der Waals surface area contributed by atoms with Crippen LogP contribution in [-0.4, -0.2) is 32.3 Å². The van der Waals surface area contributed by atoms with Crippen LogP contribution in [0.3, 0.4) is 0 Å². The maximum Gasteiger partial charge on any atom is 0.150 e. The summed E-state index contributed by atoms with van der Waals surface area (Å²) in [4.78, 5) is 7.67. The van der Waals surface area contributed by atoms with Crippen LogP contribution in [0.25, 0.3) is 109 Å². The Morgan fingerprint density at radius 1 is 0.176 bits per heavy atom. The van der Waals surface area contributed by atoms with Gasteiger partial charge in [-0.3, -0.25) is 0 Å². The zero-order chi connectivity index (χ0) is 106. The first kappa shape index (κ1) is 103. The smallest absolute Gasteiger partial charge is 0.150 e. The van der Waals surface area contributed by atoms with Crippen LogP contribution in [0.15, 0.2) is 340 Å². The minimum atomic E-state index is -1.73. The van der Waals surface area contributed by atoms with Gasteiger partial charge in [-0.2, -0.15) is 0 Å². The lowest BCUT2D eigenvalue weighted by Gasteiger charge is -2.30. The monoisotopic (exact) mass is 2030 g/mol. The molecule has 0 unspecified atom stereocenters. The van der Waals surface area contributed by atoms with Gasteiger partial charge in [0.1, 0.15) is 46.5 Å². The number of anilines is 12. The van der Waals surface area contributed by atoms with Crippen molar-refractivity contribution in [3.05, 3.63) is 409 Å². The fourth-order valence-electron chi connectivity index (χ4n) is 20.7. The molecule has 0 aliphatic heterocycles. The molecular weight excluding hydrogens is 1910 g/mol. The maximum atomic E-state index is 17.0. The van der Waals surface area contributed by atoms with Gasteiger partial charge in [-0.1, -0.05) is 401 Å². The molecule has 0 heterocycles. The molecule has 0 atom stereocenters. The molecule has 0 radical (unpaired) electrons. The molecule has 0 aromatic heterocycles. The third-order valence-corrected chi connectivity index (χ3v) is 37.7. The molecule has 148 heavy (non-hydrogen) atoms. The maximum absolute atomic E-state index is 17.0. The SMILES string of the molecule is CC(C)(C)c1ccc(-c2cc(N(c3ccc([Si](C)(C)C)cc3)c3ccc4ccc5c(N(c6ccc([Si](C)(C)C)cc6)c6cc(-c7ccc(C(C)(C)C)cc7)c(F)cc6F)ccc6ccc3c4c65)c(F)cc2F)cc1.CC(C)(C)c1cccc(-c2cc(N(c3ccc([Si](C)(C)C)cc3)c3ccc4ccc5c(N(c6ccc([Si](C)(C)C)cc6)c6cc(-c7cccc(C(C)(C)C)c7)c(F)cc6F)ccc6ccc3c4c65)c(F)cc2F)c1. The van der Waals surface area contributed by atoms with E-state index in [1.807, 2.05) is 189 Å². The van der Waals surface area contributed by atoms with Gasteiger partial charge in [0.2, 0.25) is 0 Å². The van der Waals surface area contributed by atoms with E-state index in [2.05, 4.69) is 283 Å². The second-order valence-electron chi connectivity index (χ2n) is 48.2. The molecule has 16 heteroatoms. The highest BCUT2D eigenvalue weighted by Crippen LogP contribution is 2.54. The summed E-state index contributed by atoms with van der Waals surface area (Å²) in [5.41, 5.74) is 14.1. The van der Waals surface area contributed by atoms with Gasteiger partial charge in [-0.15, -0.1) is 0 Å². The Kier molecular flexibility index (Phi) is 26.5. The average molecular weight is 2030 g/mol. The number of nitrogens with zero attached hydrogens (tertiary/aromatic N) is 4. The second kappa shape index (κ2) is 38.3. The van der Waals surface area contributed by atoms with E-state index < -0.39 is 78.8 Å². The van der Waals surface area contributed by atoms with Crippen molar-refractivity contribution >= 4 is 186 Å². The molecular formula is C132H128F8N4Si4. The molecule has 0 aliphatic rings. The molecule has 0 saturated carbocycles. The summed E-state index contributed by atoms with van der Waals surface area (Å²) in [7, 11) is -6.91. The highest BCUT2D eigenvalue weighted by molar-refractivity contribution is 6.90. The molecule has 20 aromatic carbocycles. The Bertz CT molecular complexity index is 7990. The van der Waals surface area contributed by atoms with Crippen molar-refractivity contribution < 1.29 is 35.1 Å². The Hall–Kier alpha value is -14.0. The predicted octanol–water partition coefficient (Wildman–Crippen LogP) is 38.2. The van der Waals surface area contributed by atoms with Crippen molar-refractivity contribution in [2.24, 2.45) is 0 Å². The fourth-order valence-corrected chi connectivity index (χ4v) is 25.4. The zero-order valence-corrected chi connectivity index (χ0v) is 93.1. The van der Waals surface area contributed by atoms with Crippen LogP contribution in [0.5, 0.6) is 0 Å². The Balaban J connectivity index is 0.000000186. The molecule has 0 bridgehead atoms. The van der Waals surface area contributed by atoms with Gasteiger partial charge < -0.3 is 19.6 Å². The van der Waals surface area contributed by atoms with E-state index in [1.165, 1.54) is 20.7 Å². The van der Waals surface area contributed by atoms with Gasteiger partial charge in [0, 0.05) is 90.8 Å². The summed E-state index contributed by atoms with van der Waals surface area (Å²) in [5, 5.41) is 16.1. The van der Waals surface area contributed by atoms with E-state index in [9.17, 15) is 0 Å². The summed E-state index contributed by atoms with van der Waals surface area (Å²) in [5.74, 6) is -5.34. The number of hydrogen-bond acceptors (Lipinski definition) is 4. The normalized spacial score (nSPS) is 12.6. The zero-order valence-electron chi connectivity index (χ0n) is 89.1. The lowest BCUT2D eigenvalue weighted by atomic mass is 9.85. The lowest BCUT2D eigenvalue weighted by molar-refractivity contribution is 0.584. The first-order valence-electron chi connectivity index (χ1n) is 51.2. The number of halogens is 8. The number of rotatable bonds is 20. The first-order chi connectivity index (χ1) is 69.7. The van der Waals surface area contributed by atoms with Gasteiger partial charge in [-0.25, -0.2) is 35.1 Å². The molecule has 20 rings (SSSR count). The van der Waals surface area contributed by atoms with E-state index in [-0.39, 0.29) is 44.4 Å². The highest BCUT2D eigenvalue weighted by Gasteiger charge is 2.34. The third-order valence-electron chi connectivity index (χ3n) is 29.5. The number of benzene rings is 20. The second-order valence-corrected chi connectivity index (χ2v) is 68.5. The molecule has 0 spiro atoms. The standard InChI is InChI=1S/2C66H64F4N2Si2/c1-65(2,3)45-21-13-41(14-22-45)53-37-61(57(69)39-55(53)67)71(47-25-29-49(30-26-47)73(7,8)9)59-35-19-43-18-34-52-60(36-20-44-17-33-51(59)63(43)64(44)52)72(48-27-31-50(32-28-48)74(10,11)12)62-38-54(56(68)40-58(62)70)42-15-23-46(24-16-42)66(4,5)6;1-65(2,3)45-17-13-15-43(35-45)53-37-61(57(69)39-55(53)67)71(47-23-27-49(28-24-47)73(7,8)9)59-33-21-41-20-32-52-60(34-22-42-19-31-51(59)63(41)64(42)52)72(48-25-29-50(30-26-48)74(10,11)12)62-38-54(56(68)40-58(62)70)44-16-14-18-46(36-44)66(4,5)6/h2*13-40H,1-12H3. The first-order valence-corrected chi connectivity index (χ1v) is 65.2. The summed E-state index contributed by atoms with van der Waals surface area (Å²) in [6.07, 6.45) is 0. The van der Waals surface area contributed by atoms with E-state index in [4.69, 9.17) is 0 Å². The van der Waals surface area contributed by atoms with Crippen LogP contribution in [0, 0.1) is 46.5 Å². The highest BCUT2D eigenvalue weighted by atomic mass is 28.3. The van der Waals surface area contributed by atoms with Crippen LogP contribution < -0.4 is 40.3 Å². The predicted molar refractivity (Wildman–Crippen MR) is 627 cm³/mol. The Labute approximate surface area is 870 Å². The molecule has 0 N–H and O–H groups in total. The molecule has 0 saturated heterocycles. The van der Waals surface area contributed by atoms with Crippen molar-refractivity contribution in [1.29, 1.82) is 0 Å². The fraction of sp³-hybridized carbons (Fsp3) is 0.212. The third kappa shape index (κ3) is 19.8. The molecule has 748 valence electrons. The quantitative estimate of drug-likeness (QED) is 0.0428. The van der Waals surface area contributed by atoms with Crippen LogP contribution in [0.2, 0.25) is 78.6 Å². The summed E-state index contributed by atoms with van der Waals surface area (Å²) in [6.45, 7) is 53.1. The van der Waals surface area contributed by atoms with E-state index >= 15 is 35.1 Å². The molecule has 0 amide bonds. The minimum absolute atomic E-state index is 0.100. The van der Waals surface area contributed by atoms with E-state index in [1.54, 1.807) is 24.3 Å². The van der Waals surface area contributed by atoms with Crippen LogP contribution in [0.1, 0.15) is 105 Å². The summed E-state index contributed by atoms with van der Waals surface area (Å²) >= 11 is 0. The Morgan fingerprint density at radius 3 is 0.581 bits per heavy atom. The van der Waals surface area contributed by atoms with Crippen molar-refractivity contribution in [1.82, 2.24) is 0 Å². The summed E-state index contributed by atoms with van der Waals surface area (Å²) < 4.78 is 133. The van der Waals surface area contributed by atoms with Gasteiger partial charge in [0.05, 0.1) is 77.8 Å². The van der Waals surface area contributed by atoms with E-state index in [0.717, 1.165) is 134 Å². The largest absolute Gasteiger partial charge is 0.307 e. The molecule has 0 fully saturated rings. The van der Waals surface area contributed by atoms with Crippen molar-refractivity contribution in [3.8, 4) is 44.5 Å². The average Bonchev–Trinajstić information content (AvgIpc) is 0.716. The van der Waals surface area contributed by atoms with Crippen LogP contribution in [0.4, 0.5) is 103 Å². The minimum Gasteiger partial charge on any atom is -0.307 e. The van der Waals surface area contributed by atoms with Gasteiger partial charge >= 0.3 is 0 Å². The lowest BCUT2D eigenvalue weighted by Crippen LogP contribution is -2.37. The van der Waals surface area contributed by atoms with Gasteiger partial charge in [0.15, 0.2) is 0 Å². The molecule has 0 aliphatic carbocycles. The van der Waals surface area contributed by atoms with Crippen LogP contribution in [-0.2, 0) is 21.7 Å². The van der Waals surface area contributed by atoms with Crippen molar-refractivity contribution in [3.63, 3.8) is 0 Å². The molecule has 20 aromatic rings. The van der Waals surface area contributed by atoms with Gasteiger partial charge in [-0.05, 0) is 206 Å². The Morgan fingerprint density at radius 2 is 0.378 bits per heavy atom. The van der Waals surface area contributed by atoms with Crippen molar-refractivity contribution in [2.75, 3.05) is 19.6 Å². The van der Waals surface area contributed by atoms with Crippen LogP contribution >= 0.6 is 0 Å². The van der Waals surface area contributed by atoms with E-state index in [0.29, 0.717) is 67.3 Å². The van der Waals surface area contributed by atoms with Crippen molar-refractivity contribution in [2.45, 2.75) is 183 Å². The number of hydrogen-bond donors (Lipinski definition) is 0. The topological polar surface area (TPSA) is 13.0 Å². The molecule has 4 nitrogen and oxygen atoms in total. The summed E-state index contributed by atoms with van der Waals surface area (Å²) in [6, 6.07) is 108. The van der Waals surface area contributed by atoms with Gasteiger partial charge in [0.25, 0.3) is 0 Å².